The van der Waals surface area contributed by atoms with Crippen molar-refractivity contribution >= 4 is 25.9 Å². The van der Waals surface area contributed by atoms with Crippen molar-refractivity contribution in [2.45, 2.75) is 64.3 Å². The summed E-state index contributed by atoms with van der Waals surface area (Å²) in [6.07, 6.45) is 2.63. The normalized spacial score (nSPS) is 19.6. The standard InChI is InChI=1S/C13H32O4Si3/c1-19(2,3)16-18(17-20(4,5)6)10-8-7-9-14-11-13-12-15-13/h13,18H,7-12H2,1-6H3. The lowest BCUT2D eigenvalue weighted by Crippen LogP contribution is -2.43. The van der Waals surface area contributed by atoms with Crippen LogP contribution in [0.2, 0.25) is 45.3 Å². The zero-order chi connectivity index (χ0) is 15.2. The second-order valence-electron chi connectivity index (χ2n) is 7.42. The SMILES string of the molecule is C[Si](C)(C)O[SiH](CCCCOCC1CO1)O[Si](C)(C)C. The van der Waals surface area contributed by atoms with Crippen LogP contribution in [0.25, 0.3) is 0 Å². The quantitative estimate of drug-likeness (QED) is 0.330. The minimum atomic E-state index is -1.50. The van der Waals surface area contributed by atoms with Crippen molar-refractivity contribution < 1.29 is 17.7 Å². The second kappa shape index (κ2) is 8.21. The first kappa shape index (κ1) is 18.5. The van der Waals surface area contributed by atoms with Crippen LogP contribution in [0, 0.1) is 0 Å². The molecule has 0 aromatic heterocycles. The molecule has 0 radical (unpaired) electrons. The predicted octanol–water partition coefficient (Wildman–Crippen LogP) is 3.11. The number of unbranched alkanes of at least 4 members (excludes halogenated alkanes) is 1. The van der Waals surface area contributed by atoms with E-state index < -0.39 is 25.9 Å². The average molecular weight is 337 g/mol. The molecule has 7 heteroatoms. The third-order valence-electron chi connectivity index (χ3n) is 2.65. The lowest BCUT2D eigenvalue weighted by Gasteiger charge is -2.30. The Kier molecular flexibility index (Phi) is 7.61. The summed E-state index contributed by atoms with van der Waals surface area (Å²) in [6, 6.07) is 1.11. The van der Waals surface area contributed by atoms with Gasteiger partial charge < -0.3 is 17.7 Å². The molecule has 0 amide bonds. The highest BCUT2D eigenvalue weighted by atomic mass is 28.4. The van der Waals surface area contributed by atoms with Crippen LogP contribution < -0.4 is 0 Å². The summed E-state index contributed by atoms with van der Waals surface area (Å²) in [4.78, 5) is 0. The lowest BCUT2D eigenvalue weighted by molar-refractivity contribution is 0.114. The molecule has 0 aliphatic carbocycles. The molecule has 0 N–H and O–H groups in total. The Balaban J connectivity index is 2.17. The van der Waals surface area contributed by atoms with Crippen molar-refractivity contribution in [3.8, 4) is 0 Å². The molecule has 120 valence electrons. The summed E-state index contributed by atoms with van der Waals surface area (Å²) >= 11 is 0. The largest absolute Gasteiger partial charge is 0.439 e. The maximum Gasteiger partial charge on any atom is 0.300 e. The molecule has 0 bridgehead atoms. The first-order valence-corrected chi connectivity index (χ1v) is 16.3. The van der Waals surface area contributed by atoms with Gasteiger partial charge in [-0.25, -0.2) is 0 Å². The minimum Gasteiger partial charge on any atom is -0.439 e. The van der Waals surface area contributed by atoms with E-state index in [1.54, 1.807) is 0 Å². The van der Waals surface area contributed by atoms with E-state index in [1.807, 2.05) is 0 Å². The van der Waals surface area contributed by atoms with Crippen molar-refractivity contribution in [3.63, 3.8) is 0 Å². The first-order chi connectivity index (χ1) is 9.16. The Bertz CT molecular complexity index is 256. The topological polar surface area (TPSA) is 40.2 Å². The molecule has 1 aliphatic rings. The Morgan fingerprint density at radius 2 is 1.55 bits per heavy atom. The summed E-state index contributed by atoms with van der Waals surface area (Å²) in [5.74, 6) is 0. The van der Waals surface area contributed by atoms with Gasteiger partial charge in [-0.2, -0.15) is 0 Å². The molecule has 1 rings (SSSR count). The number of epoxide rings is 1. The van der Waals surface area contributed by atoms with E-state index in [-0.39, 0.29) is 0 Å². The smallest absolute Gasteiger partial charge is 0.300 e. The summed E-state index contributed by atoms with van der Waals surface area (Å²) in [5.41, 5.74) is 0. The van der Waals surface area contributed by atoms with E-state index in [0.29, 0.717) is 6.10 Å². The Hall–Kier alpha value is 0.491. The number of ether oxygens (including phenoxy) is 2. The summed E-state index contributed by atoms with van der Waals surface area (Å²) in [5, 5.41) is 0. The van der Waals surface area contributed by atoms with Crippen molar-refractivity contribution in [1.29, 1.82) is 0 Å². The monoisotopic (exact) mass is 336 g/mol. The summed E-state index contributed by atoms with van der Waals surface area (Å²) in [6.45, 7) is 16.0. The summed E-state index contributed by atoms with van der Waals surface area (Å²) < 4.78 is 23.3. The van der Waals surface area contributed by atoms with Crippen LogP contribution in [0.3, 0.4) is 0 Å². The molecule has 20 heavy (non-hydrogen) atoms. The Labute approximate surface area is 128 Å². The predicted molar refractivity (Wildman–Crippen MR) is 90.6 cm³/mol. The Morgan fingerprint density at radius 1 is 1.00 bits per heavy atom. The van der Waals surface area contributed by atoms with E-state index in [4.69, 9.17) is 17.7 Å². The van der Waals surface area contributed by atoms with E-state index in [0.717, 1.165) is 38.7 Å². The summed E-state index contributed by atoms with van der Waals surface area (Å²) in [7, 11) is -4.48. The number of hydrogen-bond acceptors (Lipinski definition) is 4. The fourth-order valence-electron chi connectivity index (χ4n) is 1.82. The van der Waals surface area contributed by atoms with Crippen LogP contribution in [-0.2, 0) is 17.7 Å². The van der Waals surface area contributed by atoms with E-state index in [1.165, 1.54) is 0 Å². The van der Waals surface area contributed by atoms with Crippen LogP contribution >= 0.6 is 0 Å². The van der Waals surface area contributed by atoms with Gasteiger partial charge in [0.1, 0.15) is 6.10 Å². The fourth-order valence-corrected chi connectivity index (χ4v) is 10.3. The Morgan fingerprint density at radius 3 is 2.00 bits per heavy atom. The van der Waals surface area contributed by atoms with Crippen molar-refractivity contribution in [2.75, 3.05) is 19.8 Å². The molecule has 0 aromatic carbocycles. The zero-order valence-corrected chi connectivity index (χ0v) is 17.2. The van der Waals surface area contributed by atoms with Crippen molar-refractivity contribution in [1.82, 2.24) is 0 Å². The van der Waals surface area contributed by atoms with Crippen LogP contribution in [0.15, 0.2) is 0 Å². The molecule has 1 fully saturated rings. The highest BCUT2D eigenvalue weighted by Gasteiger charge is 2.28. The zero-order valence-electron chi connectivity index (χ0n) is 14.0. The lowest BCUT2D eigenvalue weighted by atomic mass is 10.3. The average Bonchev–Trinajstić information content (AvgIpc) is 3.01. The third-order valence-corrected chi connectivity index (χ3v) is 11.3. The van der Waals surface area contributed by atoms with Crippen LogP contribution in [-0.4, -0.2) is 51.8 Å². The van der Waals surface area contributed by atoms with E-state index >= 15 is 0 Å². The van der Waals surface area contributed by atoms with Crippen LogP contribution in [0.4, 0.5) is 0 Å². The maximum absolute atomic E-state index is 6.30. The van der Waals surface area contributed by atoms with Gasteiger partial charge in [0.2, 0.25) is 0 Å². The number of rotatable bonds is 11. The molecule has 4 nitrogen and oxygen atoms in total. The first-order valence-electron chi connectivity index (χ1n) is 7.71. The fraction of sp³-hybridized carbons (Fsp3) is 1.00. The molecule has 0 saturated carbocycles. The van der Waals surface area contributed by atoms with Gasteiger partial charge in [-0.1, -0.05) is 0 Å². The van der Waals surface area contributed by atoms with Gasteiger partial charge in [0, 0.05) is 6.61 Å². The molecule has 1 saturated heterocycles. The van der Waals surface area contributed by atoms with E-state index in [9.17, 15) is 0 Å². The van der Waals surface area contributed by atoms with E-state index in [2.05, 4.69) is 39.3 Å². The van der Waals surface area contributed by atoms with Gasteiger partial charge in [-0.15, -0.1) is 0 Å². The maximum atomic E-state index is 6.30. The minimum absolute atomic E-state index is 0.377. The second-order valence-corrected chi connectivity index (χ2v) is 19.2. The molecule has 1 heterocycles. The number of hydrogen-bond donors (Lipinski definition) is 0. The molecule has 1 aliphatic heterocycles. The molecule has 0 spiro atoms. The van der Waals surface area contributed by atoms with Crippen molar-refractivity contribution in [3.05, 3.63) is 0 Å². The molecule has 1 unspecified atom stereocenters. The van der Waals surface area contributed by atoms with Gasteiger partial charge >= 0.3 is 9.28 Å². The van der Waals surface area contributed by atoms with Gasteiger partial charge in [0.05, 0.1) is 13.2 Å². The van der Waals surface area contributed by atoms with Crippen LogP contribution in [0.5, 0.6) is 0 Å². The van der Waals surface area contributed by atoms with Gasteiger partial charge in [-0.3, -0.25) is 0 Å². The highest BCUT2D eigenvalue weighted by molar-refractivity contribution is 6.81. The third kappa shape index (κ3) is 11.2. The molecular formula is C13H32O4Si3. The molecular weight excluding hydrogens is 304 g/mol. The van der Waals surface area contributed by atoms with Crippen molar-refractivity contribution in [2.24, 2.45) is 0 Å². The van der Waals surface area contributed by atoms with Gasteiger partial charge in [-0.05, 0) is 58.2 Å². The highest BCUT2D eigenvalue weighted by Crippen LogP contribution is 2.16. The van der Waals surface area contributed by atoms with Crippen LogP contribution in [0.1, 0.15) is 12.8 Å². The van der Waals surface area contributed by atoms with Gasteiger partial charge in [0.25, 0.3) is 0 Å². The van der Waals surface area contributed by atoms with Gasteiger partial charge in [0.15, 0.2) is 16.6 Å². The molecule has 1 atom stereocenters. The molecule has 0 aromatic rings.